The van der Waals surface area contributed by atoms with Gasteiger partial charge in [-0.2, -0.15) is 9.97 Å². The van der Waals surface area contributed by atoms with Gasteiger partial charge in [0.2, 0.25) is 5.95 Å². The number of rotatable bonds is 4. The third kappa shape index (κ3) is 3.44. The molecular weight excluding hydrogens is 325 g/mol. The van der Waals surface area contributed by atoms with Gasteiger partial charge in [-0.3, -0.25) is 0 Å². The number of nitrogen functional groups attached to an aromatic ring is 2. The van der Waals surface area contributed by atoms with Gasteiger partial charge in [-0.05, 0) is 25.5 Å². The highest BCUT2D eigenvalue weighted by atomic mass is 31.2. The summed E-state index contributed by atoms with van der Waals surface area (Å²) in [6, 6.07) is 7.53. The lowest BCUT2D eigenvalue weighted by molar-refractivity contribution is 0.588. The maximum atomic E-state index is 12.2. The molecule has 9 heteroatoms. The van der Waals surface area contributed by atoms with Crippen molar-refractivity contribution in [3.8, 4) is 0 Å². The smallest absolute Gasteiger partial charge is 0.224 e. The first kappa shape index (κ1) is 16.1. The molecule has 0 aliphatic rings. The van der Waals surface area contributed by atoms with Crippen LogP contribution < -0.4 is 22.1 Å². The Labute approximate surface area is 139 Å². The van der Waals surface area contributed by atoms with Crippen LogP contribution in [0.25, 0.3) is 11.2 Å². The topological polar surface area (TPSA) is 133 Å². The molecule has 3 aromatic rings. The molecule has 0 radical (unpaired) electrons. The van der Waals surface area contributed by atoms with Gasteiger partial charge in [0.05, 0.1) is 18.4 Å². The van der Waals surface area contributed by atoms with Crippen LogP contribution >= 0.6 is 7.14 Å². The maximum absolute atomic E-state index is 12.2. The highest BCUT2D eigenvalue weighted by Gasteiger charge is 2.11. The van der Waals surface area contributed by atoms with E-state index >= 15 is 0 Å². The first-order valence-electron chi connectivity index (χ1n) is 7.27. The summed E-state index contributed by atoms with van der Waals surface area (Å²) < 4.78 is 12.2. The zero-order chi connectivity index (χ0) is 17.3. The van der Waals surface area contributed by atoms with Gasteiger partial charge in [-0.15, -0.1) is 0 Å². The number of benzene rings is 1. The number of hydrogen-bond acceptors (Lipinski definition) is 8. The van der Waals surface area contributed by atoms with Crippen molar-refractivity contribution in [2.45, 2.75) is 6.54 Å². The third-order valence-electron chi connectivity index (χ3n) is 3.44. The van der Waals surface area contributed by atoms with Crippen LogP contribution in [0.2, 0.25) is 0 Å². The van der Waals surface area contributed by atoms with Crippen molar-refractivity contribution in [2.75, 3.05) is 30.1 Å². The van der Waals surface area contributed by atoms with Crippen LogP contribution in [0.4, 0.5) is 17.5 Å². The van der Waals surface area contributed by atoms with E-state index in [0.29, 0.717) is 23.4 Å². The van der Waals surface area contributed by atoms with Crippen LogP contribution in [0.5, 0.6) is 0 Å². The van der Waals surface area contributed by atoms with Crippen molar-refractivity contribution in [2.24, 2.45) is 0 Å². The second-order valence-electron chi connectivity index (χ2n) is 5.76. The normalized spacial score (nSPS) is 11.6. The first-order chi connectivity index (χ1) is 11.3. The van der Waals surface area contributed by atoms with Crippen molar-refractivity contribution in [3.05, 3.63) is 36.2 Å². The van der Waals surface area contributed by atoms with Crippen LogP contribution in [0.15, 0.2) is 30.5 Å². The highest BCUT2D eigenvalue weighted by Crippen LogP contribution is 2.35. The molecule has 0 fully saturated rings. The summed E-state index contributed by atoms with van der Waals surface area (Å²) in [5, 5.41) is 4.06. The van der Waals surface area contributed by atoms with Crippen LogP contribution in [0.1, 0.15) is 5.69 Å². The van der Waals surface area contributed by atoms with Gasteiger partial charge in [0.15, 0.2) is 17.0 Å². The zero-order valence-electron chi connectivity index (χ0n) is 13.4. The molecule has 24 heavy (non-hydrogen) atoms. The van der Waals surface area contributed by atoms with Gasteiger partial charge in [-0.1, -0.05) is 12.1 Å². The van der Waals surface area contributed by atoms with E-state index in [1.54, 1.807) is 19.5 Å². The Morgan fingerprint density at radius 1 is 1.17 bits per heavy atom. The average molecular weight is 343 g/mol. The van der Waals surface area contributed by atoms with Gasteiger partial charge in [0.25, 0.3) is 0 Å². The Bertz CT molecular complexity index is 954. The van der Waals surface area contributed by atoms with E-state index in [9.17, 15) is 4.57 Å². The summed E-state index contributed by atoms with van der Waals surface area (Å²) >= 11 is 0. The molecule has 5 N–H and O–H groups in total. The van der Waals surface area contributed by atoms with Crippen LogP contribution in [-0.4, -0.2) is 33.3 Å². The monoisotopic (exact) mass is 343 g/mol. The fourth-order valence-electron chi connectivity index (χ4n) is 2.21. The SMILES string of the molecule is CP(C)(=O)c1cccc(NCc2cnc3nc(N)nc(N)c3n2)c1. The summed E-state index contributed by atoms with van der Waals surface area (Å²) in [4.78, 5) is 16.5. The van der Waals surface area contributed by atoms with Crippen LogP contribution in [-0.2, 0) is 11.1 Å². The van der Waals surface area contributed by atoms with Crippen molar-refractivity contribution in [3.63, 3.8) is 0 Å². The maximum Gasteiger partial charge on any atom is 0.224 e. The highest BCUT2D eigenvalue weighted by molar-refractivity contribution is 7.70. The summed E-state index contributed by atoms with van der Waals surface area (Å²) in [6.45, 7) is 3.93. The molecule has 124 valence electrons. The van der Waals surface area contributed by atoms with Crippen LogP contribution in [0, 0.1) is 0 Å². The number of nitrogens with two attached hydrogens (primary N) is 2. The van der Waals surface area contributed by atoms with Crippen molar-refractivity contribution < 1.29 is 4.57 Å². The van der Waals surface area contributed by atoms with Crippen LogP contribution in [0.3, 0.4) is 0 Å². The van der Waals surface area contributed by atoms with E-state index in [2.05, 4.69) is 25.3 Å². The van der Waals surface area contributed by atoms with E-state index < -0.39 is 7.14 Å². The lowest BCUT2D eigenvalue weighted by Crippen LogP contribution is -2.08. The Kier molecular flexibility index (Phi) is 4.07. The number of fused-ring (bicyclic) bond motifs is 1. The third-order valence-corrected chi connectivity index (χ3v) is 4.96. The van der Waals surface area contributed by atoms with Crippen molar-refractivity contribution >= 4 is 41.1 Å². The molecule has 0 amide bonds. The van der Waals surface area contributed by atoms with E-state index in [1.165, 1.54) is 0 Å². The summed E-state index contributed by atoms with van der Waals surface area (Å²) in [5.74, 6) is 0.271. The molecule has 0 saturated carbocycles. The van der Waals surface area contributed by atoms with Gasteiger partial charge in [0, 0.05) is 11.0 Å². The minimum atomic E-state index is -2.30. The second-order valence-corrected chi connectivity index (χ2v) is 8.97. The van der Waals surface area contributed by atoms with E-state index in [-0.39, 0.29) is 11.8 Å². The second kappa shape index (κ2) is 6.05. The summed E-state index contributed by atoms with van der Waals surface area (Å²) in [7, 11) is -2.30. The lowest BCUT2D eigenvalue weighted by atomic mass is 10.3. The van der Waals surface area contributed by atoms with Gasteiger partial charge in [-0.25, -0.2) is 9.97 Å². The predicted octanol–water partition coefficient (Wildman–Crippen LogP) is 1.44. The molecule has 0 unspecified atom stereocenters. The van der Waals surface area contributed by atoms with Crippen molar-refractivity contribution in [1.29, 1.82) is 0 Å². The largest absolute Gasteiger partial charge is 0.382 e. The van der Waals surface area contributed by atoms with Gasteiger partial charge in [0.1, 0.15) is 7.14 Å². The molecule has 3 rings (SSSR count). The molecule has 1 aromatic carbocycles. The van der Waals surface area contributed by atoms with Crippen molar-refractivity contribution in [1.82, 2.24) is 19.9 Å². The Morgan fingerprint density at radius 3 is 2.71 bits per heavy atom. The van der Waals surface area contributed by atoms with Gasteiger partial charge < -0.3 is 21.3 Å². The minimum Gasteiger partial charge on any atom is -0.382 e. The number of aromatic nitrogens is 4. The molecule has 2 aromatic heterocycles. The standard InChI is InChI=1S/C15H18N7OP/c1-24(2,23)11-5-3-4-9(6-11)18-7-10-8-19-14-12(20-10)13(16)21-15(17)22-14/h3-6,8,18H,7H2,1-2H3,(H4,16,17,19,21,22). The Hall–Kier alpha value is -2.73. The molecule has 0 spiro atoms. The number of nitrogens with zero attached hydrogens (tertiary/aromatic N) is 4. The number of anilines is 3. The lowest BCUT2D eigenvalue weighted by Gasteiger charge is -2.11. The Balaban J connectivity index is 1.82. The average Bonchev–Trinajstić information content (AvgIpc) is 2.52. The molecule has 0 bridgehead atoms. The van der Waals surface area contributed by atoms with E-state index in [4.69, 9.17) is 11.5 Å². The Morgan fingerprint density at radius 2 is 1.96 bits per heavy atom. The van der Waals surface area contributed by atoms with E-state index in [0.717, 1.165) is 11.0 Å². The fourth-order valence-corrected chi connectivity index (χ4v) is 3.11. The molecule has 0 saturated heterocycles. The molecule has 0 atom stereocenters. The molecule has 2 heterocycles. The van der Waals surface area contributed by atoms with Gasteiger partial charge >= 0.3 is 0 Å². The number of nitrogens with one attached hydrogen (secondary N) is 1. The summed E-state index contributed by atoms with van der Waals surface area (Å²) in [5.41, 5.74) is 13.7. The molecule has 8 nitrogen and oxygen atoms in total. The molecule has 0 aliphatic heterocycles. The summed E-state index contributed by atoms with van der Waals surface area (Å²) in [6.07, 6.45) is 1.61. The quantitative estimate of drug-likeness (QED) is 0.606. The minimum absolute atomic E-state index is 0.0700. The zero-order valence-corrected chi connectivity index (χ0v) is 14.3. The molecule has 0 aliphatic carbocycles. The predicted molar refractivity (Wildman–Crippen MR) is 96.8 cm³/mol. The number of hydrogen-bond donors (Lipinski definition) is 3. The fraction of sp³-hybridized carbons (Fsp3) is 0.200. The van der Waals surface area contributed by atoms with E-state index in [1.807, 2.05) is 24.3 Å². The first-order valence-corrected chi connectivity index (χ1v) is 9.87. The molecular formula is C15H18N7OP.